The number of aryl methyl sites for hydroxylation is 1. The van der Waals surface area contributed by atoms with Gasteiger partial charge in [-0.3, -0.25) is 0 Å². The summed E-state index contributed by atoms with van der Waals surface area (Å²) < 4.78 is 0. The maximum atomic E-state index is 6.24. The van der Waals surface area contributed by atoms with E-state index in [9.17, 15) is 0 Å². The fourth-order valence-corrected chi connectivity index (χ4v) is 3.39. The normalized spacial score (nSPS) is 11.7. The second-order valence-electron chi connectivity index (χ2n) is 5.36. The zero-order valence-electron chi connectivity index (χ0n) is 12.8. The molecule has 0 spiro atoms. The summed E-state index contributed by atoms with van der Waals surface area (Å²) in [6, 6.07) is 16.2. The molecular weight excluding hydrogens is 324 g/mol. The van der Waals surface area contributed by atoms with Crippen LogP contribution in [0.4, 0.5) is 0 Å². The van der Waals surface area contributed by atoms with Gasteiger partial charge in [-0.15, -0.1) is 11.3 Å². The summed E-state index contributed by atoms with van der Waals surface area (Å²) in [6.07, 6.45) is 2.30. The lowest BCUT2D eigenvalue weighted by molar-refractivity contribution is 1.24. The van der Waals surface area contributed by atoms with Crippen molar-refractivity contribution in [2.75, 3.05) is 0 Å². The first-order valence-electron chi connectivity index (χ1n) is 7.34. The van der Waals surface area contributed by atoms with E-state index in [1.54, 1.807) is 17.5 Å². The maximum Gasteiger partial charge on any atom is 0.121 e. The summed E-state index contributed by atoms with van der Waals surface area (Å²) in [5.74, 6) is 0. The zero-order chi connectivity index (χ0) is 16.2. The van der Waals surface area contributed by atoms with Crippen molar-refractivity contribution < 1.29 is 0 Å². The minimum absolute atomic E-state index is 0.678. The van der Waals surface area contributed by atoms with Gasteiger partial charge in [0.1, 0.15) is 5.01 Å². The Morgan fingerprint density at radius 2 is 1.91 bits per heavy atom. The summed E-state index contributed by atoms with van der Waals surface area (Å²) >= 11 is 7.85. The van der Waals surface area contributed by atoms with Gasteiger partial charge in [-0.25, -0.2) is 4.98 Å². The molecule has 23 heavy (non-hydrogen) atoms. The van der Waals surface area contributed by atoms with E-state index < -0.39 is 0 Å². The van der Waals surface area contributed by atoms with Gasteiger partial charge in [0.2, 0.25) is 0 Å². The van der Waals surface area contributed by atoms with E-state index in [1.165, 1.54) is 5.56 Å². The molecule has 0 fully saturated rings. The summed E-state index contributed by atoms with van der Waals surface area (Å²) in [5.41, 5.74) is 11.2. The SMILES string of the molecule is Cc1ccc(-c2csc(/C(=C\N)Cc3ccccc3Cl)n2)cc1. The molecule has 1 heterocycles. The quantitative estimate of drug-likeness (QED) is 0.698. The molecule has 2 nitrogen and oxygen atoms in total. The van der Waals surface area contributed by atoms with Crippen LogP contribution in [-0.2, 0) is 6.42 Å². The Bertz CT molecular complexity index is 835. The van der Waals surface area contributed by atoms with Crippen molar-refractivity contribution in [3.63, 3.8) is 0 Å². The van der Waals surface area contributed by atoms with Gasteiger partial charge in [-0.2, -0.15) is 0 Å². The fourth-order valence-electron chi connectivity index (χ4n) is 2.33. The van der Waals surface area contributed by atoms with Crippen LogP contribution in [0.15, 0.2) is 60.1 Å². The lowest BCUT2D eigenvalue weighted by Gasteiger charge is -2.06. The molecule has 0 radical (unpaired) electrons. The van der Waals surface area contributed by atoms with Crippen LogP contribution < -0.4 is 5.73 Å². The van der Waals surface area contributed by atoms with Crippen molar-refractivity contribution in [1.29, 1.82) is 0 Å². The second-order valence-corrected chi connectivity index (χ2v) is 6.63. The molecule has 0 amide bonds. The summed E-state index contributed by atoms with van der Waals surface area (Å²) in [4.78, 5) is 4.73. The monoisotopic (exact) mass is 340 g/mol. The number of nitrogens with two attached hydrogens (primary N) is 1. The van der Waals surface area contributed by atoms with Crippen molar-refractivity contribution in [3.05, 3.63) is 81.3 Å². The van der Waals surface area contributed by atoms with Crippen LogP contribution in [0.3, 0.4) is 0 Å². The average molecular weight is 341 g/mol. The van der Waals surface area contributed by atoms with Gasteiger partial charge in [0.25, 0.3) is 0 Å². The van der Waals surface area contributed by atoms with Crippen LogP contribution in [0.5, 0.6) is 0 Å². The van der Waals surface area contributed by atoms with E-state index in [4.69, 9.17) is 22.3 Å². The van der Waals surface area contributed by atoms with Crippen molar-refractivity contribution in [2.24, 2.45) is 5.73 Å². The molecule has 116 valence electrons. The highest BCUT2D eigenvalue weighted by Gasteiger charge is 2.11. The van der Waals surface area contributed by atoms with Gasteiger partial charge < -0.3 is 5.73 Å². The molecule has 0 bridgehead atoms. The number of rotatable bonds is 4. The number of thiazole rings is 1. The molecule has 4 heteroatoms. The Morgan fingerprint density at radius 1 is 1.17 bits per heavy atom. The predicted molar refractivity (Wildman–Crippen MR) is 99.6 cm³/mol. The molecule has 0 atom stereocenters. The molecule has 0 saturated carbocycles. The largest absolute Gasteiger partial charge is 0.404 e. The van der Waals surface area contributed by atoms with E-state index in [1.807, 2.05) is 24.3 Å². The number of halogens is 1. The number of allylic oxidation sites excluding steroid dienone is 1. The molecule has 0 saturated heterocycles. The zero-order valence-corrected chi connectivity index (χ0v) is 14.4. The van der Waals surface area contributed by atoms with E-state index >= 15 is 0 Å². The van der Waals surface area contributed by atoms with Crippen LogP contribution in [-0.4, -0.2) is 4.98 Å². The lowest BCUT2D eigenvalue weighted by atomic mass is 10.1. The number of aromatic nitrogens is 1. The molecule has 2 aromatic carbocycles. The predicted octanol–water partition coefficient (Wildman–Crippen LogP) is 5.31. The van der Waals surface area contributed by atoms with E-state index in [0.29, 0.717) is 6.42 Å². The summed E-state index contributed by atoms with van der Waals surface area (Å²) in [5, 5.41) is 3.75. The number of nitrogens with zero attached hydrogens (tertiary/aromatic N) is 1. The lowest BCUT2D eigenvalue weighted by Crippen LogP contribution is -1.95. The molecule has 3 rings (SSSR count). The smallest absolute Gasteiger partial charge is 0.121 e. The van der Waals surface area contributed by atoms with Crippen molar-refractivity contribution in [3.8, 4) is 11.3 Å². The number of benzene rings is 2. The Labute approximate surface area is 145 Å². The third kappa shape index (κ3) is 3.63. The molecule has 2 N–H and O–H groups in total. The van der Waals surface area contributed by atoms with Crippen LogP contribution >= 0.6 is 22.9 Å². The van der Waals surface area contributed by atoms with Crippen molar-refractivity contribution >= 4 is 28.5 Å². The summed E-state index contributed by atoms with van der Waals surface area (Å²) in [7, 11) is 0. The van der Waals surface area contributed by atoms with Crippen LogP contribution in [0, 0.1) is 6.92 Å². The third-order valence-corrected chi connectivity index (χ3v) is 4.95. The first-order valence-corrected chi connectivity index (χ1v) is 8.60. The molecule has 3 aromatic rings. The molecule has 0 aliphatic carbocycles. The Hall–Kier alpha value is -2.10. The summed E-state index contributed by atoms with van der Waals surface area (Å²) in [6.45, 7) is 2.08. The van der Waals surface area contributed by atoms with Crippen LogP contribution in [0.25, 0.3) is 16.8 Å². The standard InChI is InChI=1S/C19H17ClN2S/c1-13-6-8-14(9-7-13)18-12-23-19(22-18)16(11-21)10-15-4-2-3-5-17(15)20/h2-9,11-12H,10,21H2,1H3/b16-11-. The Balaban J connectivity index is 1.86. The fraction of sp³-hybridized carbons (Fsp3) is 0.105. The molecule has 0 aliphatic rings. The maximum absolute atomic E-state index is 6.24. The highest BCUT2D eigenvalue weighted by Crippen LogP contribution is 2.29. The Morgan fingerprint density at radius 3 is 2.61 bits per heavy atom. The van der Waals surface area contributed by atoms with Crippen molar-refractivity contribution in [2.45, 2.75) is 13.3 Å². The molecular formula is C19H17ClN2S. The third-order valence-electron chi connectivity index (χ3n) is 3.67. The van der Waals surface area contributed by atoms with E-state index in [-0.39, 0.29) is 0 Å². The second kappa shape index (κ2) is 6.99. The first kappa shape index (κ1) is 15.8. The van der Waals surface area contributed by atoms with Crippen LogP contribution in [0.2, 0.25) is 5.02 Å². The van der Waals surface area contributed by atoms with Gasteiger partial charge >= 0.3 is 0 Å². The minimum Gasteiger partial charge on any atom is -0.404 e. The van der Waals surface area contributed by atoms with E-state index in [0.717, 1.165) is 32.4 Å². The van der Waals surface area contributed by atoms with E-state index in [2.05, 4.69) is 36.6 Å². The molecule has 0 unspecified atom stereocenters. The van der Waals surface area contributed by atoms with Crippen molar-refractivity contribution in [1.82, 2.24) is 4.98 Å². The Kier molecular flexibility index (Phi) is 4.79. The first-order chi connectivity index (χ1) is 11.2. The van der Waals surface area contributed by atoms with Gasteiger partial charge in [-0.05, 0) is 18.6 Å². The van der Waals surface area contributed by atoms with Gasteiger partial charge in [0, 0.05) is 34.2 Å². The van der Waals surface area contributed by atoms with Gasteiger partial charge in [0.05, 0.1) is 5.69 Å². The topological polar surface area (TPSA) is 38.9 Å². The molecule has 1 aromatic heterocycles. The number of hydrogen-bond acceptors (Lipinski definition) is 3. The minimum atomic E-state index is 0.678. The average Bonchev–Trinajstić information content (AvgIpc) is 3.04. The highest BCUT2D eigenvalue weighted by molar-refractivity contribution is 7.11. The van der Waals surface area contributed by atoms with Gasteiger partial charge in [-0.1, -0.05) is 59.6 Å². The van der Waals surface area contributed by atoms with Crippen LogP contribution in [0.1, 0.15) is 16.1 Å². The van der Waals surface area contributed by atoms with Gasteiger partial charge in [0.15, 0.2) is 0 Å². The molecule has 0 aliphatic heterocycles. The highest BCUT2D eigenvalue weighted by atomic mass is 35.5. The number of hydrogen-bond donors (Lipinski definition) is 1.